The molecule has 2 aromatic heterocycles. The van der Waals surface area contributed by atoms with E-state index >= 15 is 0 Å². The summed E-state index contributed by atoms with van der Waals surface area (Å²) in [5.41, 5.74) is 42.7. The summed E-state index contributed by atoms with van der Waals surface area (Å²) in [6, 6.07) is 89.1. The number of fused-ring (bicyclic) bond motifs is 13. The molecule has 0 N–H and O–H groups in total. The minimum atomic E-state index is -0.136. The SMILES string of the molecule is Cc1ccc(-c2cccc(N3c4cc(-c5ccc(C)cc5C)ccc4B4c5c(cccc53)-c3cccc5c3n4c3c4cccc6c4n(c53)B3c4ccc(-c5ccc(C)cc5C)cc4N(c4cccc(-c5ccc(C)cc5C)c4)c4cccc-6c43)c2)c(C)c1. The van der Waals surface area contributed by atoms with E-state index in [9.17, 15) is 0 Å². The third kappa shape index (κ3) is 7.11. The molecule has 0 amide bonds. The van der Waals surface area contributed by atoms with E-state index in [4.69, 9.17) is 0 Å². The second-order valence-electron chi connectivity index (χ2n) is 25.7. The predicted molar refractivity (Wildman–Crippen MR) is 376 cm³/mol. The van der Waals surface area contributed by atoms with Crippen LogP contribution in [0.4, 0.5) is 34.1 Å². The Bertz CT molecular complexity index is 5090. The van der Waals surface area contributed by atoms with Crippen molar-refractivity contribution < 1.29 is 0 Å². The summed E-state index contributed by atoms with van der Waals surface area (Å²) in [4.78, 5) is 5.16. The molecule has 88 heavy (non-hydrogen) atoms. The highest BCUT2D eigenvalue weighted by atomic mass is 15.2. The van der Waals surface area contributed by atoms with Gasteiger partial charge in [0.1, 0.15) is 0 Å². The molecular weight excluding hydrogens is 1060 g/mol. The first-order valence-corrected chi connectivity index (χ1v) is 31.2. The number of aryl methyl sites for hydroxylation is 8. The first-order chi connectivity index (χ1) is 42.9. The molecule has 0 aliphatic carbocycles. The lowest BCUT2D eigenvalue weighted by atomic mass is 9.45. The molecule has 0 radical (unpaired) electrons. The lowest BCUT2D eigenvalue weighted by molar-refractivity contribution is 1.25. The lowest BCUT2D eigenvalue weighted by Gasteiger charge is -2.41. The fourth-order valence-electron chi connectivity index (χ4n) is 16.6. The lowest BCUT2D eigenvalue weighted by Crippen LogP contribution is -2.56. The van der Waals surface area contributed by atoms with Gasteiger partial charge in [-0.3, -0.25) is 0 Å². The van der Waals surface area contributed by atoms with E-state index in [0.717, 1.165) is 11.4 Å². The van der Waals surface area contributed by atoms with E-state index in [2.05, 4.69) is 305 Å². The highest BCUT2D eigenvalue weighted by Gasteiger charge is 2.47. The van der Waals surface area contributed by atoms with Crippen LogP contribution in [0.5, 0.6) is 0 Å². The molecule has 416 valence electrons. The number of hydrogen-bond acceptors (Lipinski definition) is 2. The van der Waals surface area contributed by atoms with Crippen molar-refractivity contribution in [2.45, 2.75) is 55.4 Å². The van der Waals surface area contributed by atoms with Crippen LogP contribution in [0.3, 0.4) is 0 Å². The largest absolute Gasteiger partial charge is 0.374 e. The molecule has 0 fully saturated rings. The van der Waals surface area contributed by atoms with Gasteiger partial charge in [0.2, 0.25) is 0 Å². The fourth-order valence-corrected chi connectivity index (χ4v) is 16.6. The Morgan fingerprint density at radius 2 is 0.591 bits per heavy atom. The molecule has 0 saturated heterocycles. The molecule has 0 atom stereocenters. The standard InChI is InChI=1S/C82H62B2N4/c1-47-27-33-61(51(5)39-47)55-15-9-17-59(43-55)85-73-25-13-19-65-67-21-11-23-69-79(67)87(83(77(65)73)71-37-31-57(45-75(71)85)63-35-29-49(3)41-53(63)7)81-70-24-12-22-68-66-20-14-26-74-78(66)84(88(80(68)70)82(69)81)72-38-32-58(64-36-30-50(4)42-54(64)8)46-76(72)86(74)60-18-10-16-56(44-60)62-34-28-48(2)40-52(62)6/h9-46H,1-8H3. The average molecular weight is 1130 g/mol. The molecule has 0 bridgehead atoms. The number of rotatable bonds is 6. The van der Waals surface area contributed by atoms with E-state index in [0.29, 0.717) is 0 Å². The van der Waals surface area contributed by atoms with Gasteiger partial charge in [0.15, 0.2) is 0 Å². The Balaban J connectivity index is 0.909. The zero-order valence-corrected chi connectivity index (χ0v) is 50.9. The van der Waals surface area contributed by atoms with Crippen molar-refractivity contribution in [3.05, 3.63) is 275 Å². The number of aromatic nitrogens is 2. The highest BCUT2D eigenvalue weighted by molar-refractivity contribution is 6.92. The maximum absolute atomic E-state index is 2.79. The summed E-state index contributed by atoms with van der Waals surface area (Å²) in [6.45, 7) is 17.5. The van der Waals surface area contributed by atoms with Crippen LogP contribution in [0, 0.1) is 55.4 Å². The third-order valence-electron chi connectivity index (χ3n) is 20.2. The van der Waals surface area contributed by atoms with Crippen LogP contribution in [-0.2, 0) is 0 Å². The second-order valence-corrected chi connectivity index (χ2v) is 25.7. The molecule has 4 aliphatic heterocycles. The molecule has 4 aliphatic rings. The van der Waals surface area contributed by atoms with Crippen molar-refractivity contribution >= 4 is 103 Å². The van der Waals surface area contributed by atoms with Gasteiger partial charge in [-0.1, -0.05) is 204 Å². The topological polar surface area (TPSA) is 16.3 Å². The van der Waals surface area contributed by atoms with Gasteiger partial charge < -0.3 is 18.8 Å². The molecule has 0 unspecified atom stereocenters. The molecule has 6 heteroatoms. The Morgan fingerprint density at radius 1 is 0.250 bits per heavy atom. The van der Waals surface area contributed by atoms with Gasteiger partial charge in [0, 0.05) is 67.1 Å². The summed E-state index contributed by atoms with van der Waals surface area (Å²) in [7, 11) is 0. The molecule has 6 heterocycles. The van der Waals surface area contributed by atoms with E-state index in [-0.39, 0.29) is 13.7 Å². The van der Waals surface area contributed by atoms with Crippen molar-refractivity contribution in [1.29, 1.82) is 0 Å². The van der Waals surface area contributed by atoms with Crippen LogP contribution in [-0.4, -0.2) is 22.7 Å². The van der Waals surface area contributed by atoms with Crippen LogP contribution < -0.4 is 31.7 Å². The second kappa shape index (κ2) is 18.6. The van der Waals surface area contributed by atoms with E-state index < -0.39 is 0 Å². The van der Waals surface area contributed by atoms with E-state index in [1.54, 1.807) is 0 Å². The molecule has 0 spiro atoms. The third-order valence-corrected chi connectivity index (χ3v) is 20.2. The van der Waals surface area contributed by atoms with Gasteiger partial charge in [-0.25, -0.2) is 0 Å². The van der Waals surface area contributed by atoms with Crippen LogP contribution in [0.15, 0.2) is 231 Å². The number of para-hydroxylation sites is 2. The summed E-state index contributed by atoms with van der Waals surface area (Å²) in [6.07, 6.45) is 0. The van der Waals surface area contributed by atoms with Crippen molar-refractivity contribution in [2.75, 3.05) is 9.80 Å². The van der Waals surface area contributed by atoms with Gasteiger partial charge in [-0.05, 0) is 204 Å². The Kier molecular flexibility index (Phi) is 10.8. The van der Waals surface area contributed by atoms with Crippen LogP contribution in [0.2, 0.25) is 0 Å². The van der Waals surface area contributed by atoms with Crippen molar-refractivity contribution in [1.82, 2.24) is 8.96 Å². The summed E-state index contributed by atoms with van der Waals surface area (Å²) in [5.74, 6) is 0. The number of nitrogens with zero attached hydrogens (tertiary/aromatic N) is 4. The summed E-state index contributed by atoms with van der Waals surface area (Å²) >= 11 is 0. The molecule has 4 nitrogen and oxygen atoms in total. The number of anilines is 6. The zero-order valence-electron chi connectivity index (χ0n) is 50.9. The highest BCUT2D eigenvalue weighted by Crippen LogP contribution is 2.52. The Labute approximate surface area is 515 Å². The van der Waals surface area contributed by atoms with Gasteiger partial charge in [-0.15, -0.1) is 0 Å². The molecule has 12 aromatic carbocycles. The predicted octanol–water partition coefficient (Wildman–Crippen LogP) is 18.7. The van der Waals surface area contributed by atoms with Gasteiger partial charge in [0.05, 0.1) is 11.0 Å². The molecular formula is C82H62B2N4. The quantitative estimate of drug-likeness (QED) is 0.154. The van der Waals surface area contributed by atoms with Crippen LogP contribution in [0.25, 0.3) is 99.6 Å². The van der Waals surface area contributed by atoms with Crippen LogP contribution >= 0.6 is 0 Å². The van der Waals surface area contributed by atoms with E-state index in [1.165, 1.54) is 189 Å². The fraction of sp³-hybridized carbons (Fsp3) is 0.0976. The van der Waals surface area contributed by atoms with Crippen molar-refractivity contribution in [2.24, 2.45) is 0 Å². The normalized spacial score (nSPS) is 13.1. The van der Waals surface area contributed by atoms with Gasteiger partial charge >= 0.3 is 13.7 Å². The van der Waals surface area contributed by atoms with Crippen molar-refractivity contribution in [3.63, 3.8) is 0 Å². The summed E-state index contributed by atoms with van der Waals surface area (Å²) < 4.78 is 5.59. The number of hydrogen-bond donors (Lipinski definition) is 0. The Morgan fingerprint density at radius 3 is 0.966 bits per heavy atom. The Hall–Kier alpha value is -10.3. The minimum absolute atomic E-state index is 0.136. The molecule has 0 saturated carbocycles. The molecule has 18 rings (SSSR count). The van der Waals surface area contributed by atoms with Gasteiger partial charge in [0.25, 0.3) is 0 Å². The maximum atomic E-state index is 2.79. The zero-order chi connectivity index (χ0) is 59.1. The molecule has 14 aromatic rings. The average Bonchev–Trinajstić information content (AvgIpc) is 1.46. The van der Waals surface area contributed by atoms with Crippen molar-refractivity contribution in [3.8, 4) is 66.8 Å². The first-order valence-electron chi connectivity index (χ1n) is 31.2. The minimum Gasteiger partial charge on any atom is -0.374 e. The smallest absolute Gasteiger partial charge is 0.333 e. The first kappa shape index (κ1) is 51.0. The van der Waals surface area contributed by atoms with Crippen LogP contribution in [0.1, 0.15) is 44.5 Å². The number of benzene rings is 12. The van der Waals surface area contributed by atoms with Gasteiger partial charge in [-0.2, -0.15) is 0 Å². The summed E-state index contributed by atoms with van der Waals surface area (Å²) in [5, 5.41) is 2.56. The maximum Gasteiger partial charge on any atom is 0.333 e. The van der Waals surface area contributed by atoms with E-state index in [1.807, 2.05) is 0 Å². The monoisotopic (exact) mass is 1120 g/mol.